The van der Waals surface area contributed by atoms with Gasteiger partial charge in [0.1, 0.15) is 6.54 Å². The predicted octanol–water partition coefficient (Wildman–Crippen LogP) is 1.02. The second-order valence-electron chi connectivity index (χ2n) is 3.75. The maximum Gasteiger partial charge on any atom is 0.335 e. The van der Waals surface area contributed by atoms with E-state index >= 15 is 0 Å². The van der Waals surface area contributed by atoms with E-state index in [2.05, 4.69) is 10.1 Å². The average Bonchev–Trinajstić information content (AvgIpc) is 2.38. The van der Waals surface area contributed by atoms with Crippen molar-refractivity contribution in [1.29, 1.82) is 0 Å². The first-order chi connectivity index (χ1) is 8.93. The van der Waals surface area contributed by atoms with Crippen LogP contribution in [0, 0.1) is 0 Å². The number of methoxy groups -OCH3 is 1. The third-order valence-electron chi connectivity index (χ3n) is 2.30. The first kappa shape index (κ1) is 14.5. The van der Waals surface area contributed by atoms with Gasteiger partial charge < -0.3 is 20.1 Å². The molecule has 0 aliphatic rings. The highest BCUT2D eigenvalue weighted by atomic mass is 16.5. The van der Waals surface area contributed by atoms with Gasteiger partial charge in [-0.3, -0.25) is 4.79 Å². The zero-order valence-corrected chi connectivity index (χ0v) is 10.5. The molecule has 0 saturated heterocycles. The van der Waals surface area contributed by atoms with E-state index in [0.29, 0.717) is 5.69 Å². The molecule has 0 unspecified atom stereocenters. The summed E-state index contributed by atoms with van der Waals surface area (Å²) in [6.07, 6.45) is 0. The van der Waals surface area contributed by atoms with Crippen LogP contribution >= 0.6 is 0 Å². The van der Waals surface area contributed by atoms with E-state index in [1.165, 1.54) is 32.4 Å². The van der Waals surface area contributed by atoms with Gasteiger partial charge in [-0.15, -0.1) is 0 Å². The number of carbonyl (C=O) groups is 3. The van der Waals surface area contributed by atoms with Gasteiger partial charge in [-0.1, -0.05) is 6.07 Å². The lowest BCUT2D eigenvalue weighted by molar-refractivity contribution is -0.140. The highest BCUT2D eigenvalue weighted by Gasteiger charge is 2.13. The second kappa shape index (κ2) is 6.39. The van der Waals surface area contributed by atoms with Gasteiger partial charge in [-0.25, -0.2) is 9.59 Å². The standard InChI is InChI=1S/C12H14N2O5/c1-14(7-10(15)19-2)12(18)13-9-5-3-4-8(6-9)11(16)17/h3-6H,7H2,1-2H3,(H,13,18)(H,16,17). The molecule has 7 heteroatoms. The summed E-state index contributed by atoms with van der Waals surface area (Å²) < 4.78 is 4.43. The van der Waals surface area contributed by atoms with Crippen molar-refractivity contribution >= 4 is 23.7 Å². The number of aromatic carboxylic acids is 1. The number of hydrogen-bond acceptors (Lipinski definition) is 4. The van der Waals surface area contributed by atoms with Crippen LogP contribution in [0.1, 0.15) is 10.4 Å². The molecule has 19 heavy (non-hydrogen) atoms. The third-order valence-corrected chi connectivity index (χ3v) is 2.30. The van der Waals surface area contributed by atoms with Crippen LogP contribution in [-0.2, 0) is 9.53 Å². The topological polar surface area (TPSA) is 95.9 Å². The Morgan fingerprint density at radius 2 is 2.05 bits per heavy atom. The molecular formula is C12H14N2O5. The molecule has 0 radical (unpaired) electrons. The Bertz CT molecular complexity index is 501. The minimum atomic E-state index is -1.08. The zero-order chi connectivity index (χ0) is 14.4. The number of hydrogen-bond donors (Lipinski definition) is 2. The molecule has 0 aliphatic carbocycles. The van der Waals surface area contributed by atoms with Crippen LogP contribution in [0.5, 0.6) is 0 Å². The lowest BCUT2D eigenvalue weighted by Crippen LogP contribution is -2.35. The number of carbonyl (C=O) groups excluding carboxylic acids is 2. The summed E-state index contributed by atoms with van der Waals surface area (Å²) in [4.78, 5) is 34.6. The summed E-state index contributed by atoms with van der Waals surface area (Å²) in [7, 11) is 2.65. The van der Waals surface area contributed by atoms with Crippen molar-refractivity contribution in [2.45, 2.75) is 0 Å². The molecule has 102 valence electrons. The first-order valence-electron chi connectivity index (χ1n) is 5.36. The average molecular weight is 266 g/mol. The van der Waals surface area contributed by atoms with E-state index in [4.69, 9.17) is 5.11 Å². The monoisotopic (exact) mass is 266 g/mol. The summed E-state index contributed by atoms with van der Waals surface area (Å²) in [5, 5.41) is 11.3. The molecule has 2 N–H and O–H groups in total. The second-order valence-corrected chi connectivity index (χ2v) is 3.75. The molecule has 0 fully saturated rings. The molecule has 2 amide bonds. The first-order valence-corrected chi connectivity index (χ1v) is 5.36. The number of likely N-dealkylation sites (N-methyl/N-ethyl adjacent to an activating group) is 1. The van der Waals surface area contributed by atoms with Crippen LogP contribution in [0.4, 0.5) is 10.5 Å². The fourth-order valence-electron chi connectivity index (χ4n) is 1.28. The predicted molar refractivity (Wildman–Crippen MR) is 67.1 cm³/mol. The van der Waals surface area contributed by atoms with E-state index in [9.17, 15) is 14.4 Å². The Kier molecular flexibility index (Phi) is 4.87. The van der Waals surface area contributed by atoms with Crippen molar-refractivity contribution in [3.8, 4) is 0 Å². The van der Waals surface area contributed by atoms with Gasteiger partial charge in [0.25, 0.3) is 0 Å². The van der Waals surface area contributed by atoms with Gasteiger partial charge in [-0.05, 0) is 18.2 Å². The van der Waals surface area contributed by atoms with Crippen molar-refractivity contribution in [2.24, 2.45) is 0 Å². The number of nitrogens with zero attached hydrogens (tertiary/aromatic N) is 1. The highest BCUT2D eigenvalue weighted by molar-refractivity contribution is 5.94. The van der Waals surface area contributed by atoms with Gasteiger partial charge >= 0.3 is 18.0 Å². The van der Waals surface area contributed by atoms with Gasteiger partial charge in [0.05, 0.1) is 12.7 Å². The van der Waals surface area contributed by atoms with Crippen LogP contribution in [0.15, 0.2) is 24.3 Å². The Morgan fingerprint density at radius 1 is 1.37 bits per heavy atom. The Hall–Kier alpha value is -2.57. The van der Waals surface area contributed by atoms with Crippen LogP contribution < -0.4 is 5.32 Å². The van der Waals surface area contributed by atoms with E-state index in [1.54, 1.807) is 6.07 Å². The Morgan fingerprint density at radius 3 is 2.63 bits per heavy atom. The van der Waals surface area contributed by atoms with Gasteiger partial charge in [0, 0.05) is 12.7 Å². The molecule has 7 nitrogen and oxygen atoms in total. The molecule has 1 rings (SSSR count). The summed E-state index contributed by atoms with van der Waals surface area (Å²) in [6, 6.07) is 5.27. The van der Waals surface area contributed by atoms with Crippen LogP contribution in [-0.4, -0.2) is 48.7 Å². The highest BCUT2D eigenvalue weighted by Crippen LogP contribution is 2.11. The summed E-state index contributed by atoms with van der Waals surface area (Å²) >= 11 is 0. The lowest BCUT2D eigenvalue weighted by atomic mass is 10.2. The van der Waals surface area contributed by atoms with Gasteiger partial charge in [-0.2, -0.15) is 0 Å². The number of urea groups is 1. The zero-order valence-electron chi connectivity index (χ0n) is 10.5. The molecule has 0 bridgehead atoms. The van der Waals surface area contributed by atoms with Crippen molar-refractivity contribution in [3.63, 3.8) is 0 Å². The third kappa shape index (κ3) is 4.30. The Balaban J connectivity index is 2.68. The lowest BCUT2D eigenvalue weighted by Gasteiger charge is -2.16. The maximum atomic E-state index is 11.7. The molecule has 1 aromatic carbocycles. The van der Waals surface area contributed by atoms with Crippen LogP contribution in [0.25, 0.3) is 0 Å². The summed E-state index contributed by atoms with van der Waals surface area (Å²) in [5.41, 5.74) is 0.398. The smallest absolute Gasteiger partial charge is 0.335 e. The summed E-state index contributed by atoms with van der Waals surface area (Å²) in [5.74, 6) is -1.63. The van der Waals surface area contributed by atoms with E-state index < -0.39 is 18.0 Å². The van der Waals surface area contributed by atoms with Gasteiger partial charge in [0.15, 0.2) is 0 Å². The molecule has 0 spiro atoms. The number of rotatable bonds is 4. The number of esters is 1. The molecule has 0 saturated carbocycles. The number of carboxylic acids is 1. The fourth-order valence-corrected chi connectivity index (χ4v) is 1.28. The maximum absolute atomic E-state index is 11.7. The number of nitrogens with one attached hydrogen (secondary N) is 1. The number of benzene rings is 1. The van der Waals surface area contributed by atoms with E-state index in [0.717, 1.165) is 4.90 Å². The van der Waals surface area contributed by atoms with Crippen molar-refractivity contribution in [1.82, 2.24) is 4.90 Å². The minimum Gasteiger partial charge on any atom is -0.478 e. The van der Waals surface area contributed by atoms with E-state index in [1.807, 2.05) is 0 Å². The molecule has 0 atom stereocenters. The van der Waals surface area contributed by atoms with Crippen LogP contribution in [0.3, 0.4) is 0 Å². The quantitative estimate of drug-likeness (QED) is 0.793. The molecule has 1 aromatic rings. The normalized spacial score (nSPS) is 9.58. The van der Waals surface area contributed by atoms with E-state index in [-0.39, 0.29) is 12.1 Å². The molecule has 0 aromatic heterocycles. The number of ether oxygens (including phenoxy) is 1. The van der Waals surface area contributed by atoms with Crippen molar-refractivity contribution in [3.05, 3.63) is 29.8 Å². The van der Waals surface area contributed by atoms with Gasteiger partial charge in [0.2, 0.25) is 0 Å². The SMILES string of the molecule is COC(=O)CN(C)C(=O)Nc1cccc(C(=O)O)c1. The minimum absolute atomic E-state index is 0.0634. The molecule has 0 aliphatic heterocycles. The number of amides is 2. The Labute approximate surface area is 109 Å². The number of carboxylic acid groups (broad SMARTS) is 1. The van der Waals surface area contributed by atoms with Crippen molar-refractivity contribution in [2.75, 3.05) is 26.0 Å². The van der Waals surface area contributed by atoms with Crippen molar-refractivity contribution < 1.29 is 24.2 Å². The van der Waals surface area contributed by atoms with Crippen LogP contribution in [0.2, 0.25) is 0 Å². The fraction of sp³-hybridized carbons (Fsp3) is 0.250. The molecular weight excluding hydrogens is 252 g/mol. The molecule has 0 heterocycles. The number of anilines is 1. The largest absolute Gasteiger partial charge is 0.478 e. The summed E-state index contributed by atoms with van der Waals surface area (Å²) in [6.45, 7) is -0.193.